The van der Waals surface area contributed by atoms with E-state index in [-0.39, 0.29) is 26.8 Å². The second-order valence-corrected chi connectivity index (χ2v) is 8.69. The second kappa shape index (κ2) is 8.32. The molecule has 0 bridgehead atoms. The zero-order valence-electron chi connectivity index (χ0n) is 17.0. The number of amides is 1. The Labute approximate surface area is 189 Å². The Bertz CT molecular complexity index is 1350. The van der Waals surface area contributed by atoms with Gasteiger partial charge in [0.2, 0.25) is 0 Å². The lowest BCUT2D eigenvalue weighted by Crippen LogP contribution is -2.30. The van der Waals surface area contributed by atoms with Crippen molar-refractivity contribution >= 4 is 56.4 Å². The fourth-order valence-electron chi connectivity index (χ4n) is 3.49. The first kappa shape index (κ1) is 21.9. The predicted octanol–water partition coefficient (Wildman–Crippen LogP) is 3.46. The van der Waals surface area contributed by atoms with E-state index in [0.717, 1.165) is 23.8 Å². The highest BCUT2D eigenvalue weighted by molar-refractivity contribution is 7.20. The highest BCUT2D eigenvalue weighted by Crippen LogP contribution is 2.30. The lowest BCUT2D eigenvalue weighted by atomic mass is 10.2. The molecule has 4 rings (SSSR count). The average molecular weight is 477 g/mol. The number of fused-ring (bicyclic) bond motifs is 2. The minimum atomic E-state index is -1.18. The Morgan fingerprint density at radius 3 is 2.84 bits per heavy atom. The van der Waals surface area contributed by atoms with Crippen molar-refractivity contribution < 1.29 is 19.2 Å². The molecule has 3 heterocycles. The monoisotopic (exact) mass is 476 g/mol. The standard InChI is InChI=1S/C20H17ClN4O6S/c1-9-15-18(23-14-4-3-7-24(14)19(15)27)32-16(9)20(28)31-10(2)17(26)22-13-6-5-11(25(29)30)8-12(13)21/h5-6,8,10H,3-4,7H2,1-2H3,(H,22,26). The summed E-state index contributed by atoms with van der Waals surface area (Å²) in [6.07, 6.45) is 0.390. The summed E-state index contributed by atoms with van der Waals surface area (Å²) in [6.45, 7) is 3.65. The molecule has 0 spiro atoms. The number of nitro groups is 1. The summed E-state index contributed by atoms with van der Waals surface area (Å²) in [7, 11) is 0. The smallest absolute Gasteiger partial charge is 0.349 e. The van der Waals surface area contributed by atoms with Crippen molar-refractivity contribution in [2.45, 2.75) is 39.3 Å². The van der Waals surface area contributed by atoms with E-state index in [1.165, 1.54) is 19.1 Å². The molecule has 0 radical (unpaired) electrons. The number of carbonyl (C=O) groups is 2. The van der Waals surface area contributed by atoms with Crippen molar-refractivity contribution in [2.75, 3.05) is 5.32 Å². The van der Waals surface area contributed by atoms with Crippen LogP contribution in [0, 0.1) is 17.0 Å². The number of ether oxygens (including phenoxy) is 1. The third-order valence-corrected chi connectivity index (χ3v) is 6.65. The van der Waals surface area contributed by atoms with E-state index in [2.05, 4.69) is 10.3 Å². The molecule has 1 aliphatic heterocycles. The van der Waals surface area contributed by atoms with Gasteiger partial charge < -0.3 is 10.1 Å². The third-order valence-electron chi connectivity index (χ3n) is 5.17. The van der Waals surface area contributed by atoms with Crippen LogP contribution in [0.2, 0.25) is 5.02 Å². The summed E-state index contributed by atoms with van der Waals surface area (Å²) < 4.78 is 6.92. The summed E-state index contributed by atoms with van der Waals surface area (Å²) in [4.78, 5) is 53.3. The molecule has 12 heteroatoms. The van der Waals surface area contributed by atoms with E-state index in [1.807, 2.05) is 0 Å². The van der Waals surface area contributed by atoms with Gasteiger partial charge in [-0.25, -0.2) is 9.78 Å². The number of anilines is 1. The van der Waals surface area contributed by atoms with Gasteiger partial charge in [0, 0.05) is 25.1 Å². The first-order valence-electron chi connectivity index (χ1n) is 9.66. The number of carbonyl (C=O) groups excluding carboxylic acids is 2. The van der Waals surface area contributed by atoms with Gasteiger partial charge in [0.05, 0.1) is 21.0 Å². The summed E-state index contributed by atoms with van der Waals surface area (Å²) in [6, 6.07) is 3.60. The number of rotatable bonds is 5. The molecule has 3 aromatic rings. The van der Waals surface area contributed by atoms with Crippen LogP contribution in [0.1, 0.15) is 34.4 Å². The van der Waals surface area contributed by atoms with Crippen LogP contribution in [0.15, 0.2) is 23.0 Å². The minimum Gasteiger partial charge on any atom is -0.448 e. The molecule has 2 aromatic heterocycles. The number of esters is 1. The van der Waals surface area contributed by atoms with E-state index in [9.17, 15) is 24.5 Å². The lowest BCUT2D eigenvalue weighted by molar-refractivity contribution is -0.384. The van der Waals surface area contributed by atoms with Crippen LogP contribution in [0.4, 0.5) is 11.4 Å². The lowest BCUT2D eigenvalue weighted by Gasteiger charge is -2.14. The number of aromatic nitrogens is 2. The number of hydrogen-bond acceptors (Lipinski definition) is 8. The Hall–Kier alpha value is -3.31. The average Bonchev–Trinajstić information content (AvgIpc) is 3.34. The van der Waals surface area contributed by atoms with Crippen LogP contribution in [-0.4, -0.2) is 32.5 Å². The molecule has 0 saturated carbocycles. The normalized spacial score (nSPS) is 13.6. The molecule has 0 saturated heterocycles. The van der Waals surface area contributed by atoms with Gasteiger partial charge in [0.15, 0.2) is 6.10 Å². The third kappa shape index (κ3) is 3.84. The van der Waals surface area contributed by atoms with Crippen LogP contribution < -0.4 is 10.9 Å². The van der Waals surface area contributed by atoms with Crippen LogP contribution in [0.5, 0.6) is 0 Å². The van der Waals surface area contributed by atoms with Crippen molar-refractivity contribution in [1.29, 1.82) is 0 Å². The fraction of sp³-hybridized carbons (Fsp3) is 0.300. The molecule has 1 unspecified atom stereocenters. The Balaban J connectivity index is 1.51. The minimum absolute atomic E-state index is 0.0222. The van der Waals surface area contributed by atoms with E-state index >= 15 is 0 Å². The van der Waals surface area contributed by atoms with Crippen LogP contribution >= 0.6 is 22.9 Å². The van der Waals surface area contributed by atoms with Crippen molar-refractivity contribution in [3.05, 3.63) is 60.0 Å². The van der Waals surface area contributed by atoms with Crippen molar-refractivity contribution in [3.63, 3.8) is 0 Å². The highest BCUT2D eigenvalue weighted by atomic mass is 35.5. The largest absolute Gasteiger partial charge is 0.448 e. The number of nitro benzene ring substituents is 1. The number of halogens is 1. The molecule has 0 fully saturated rings. The summed E-state index contributed by atoms with van der Waals surface area (Å²) in [5.74, 6) is -0.700. The van der Waals surface area contributed by atoms with Gasteiger partial charge in [-0.05, 0) is 31.9 Å². The zero-order valence-corrected chi connectivity index (χ0v) is 18.6. The Morgan fingerprint density at radius 1 is 1.41 bits per heavy atom. The molecule has 10 nitrogen and oxygen atoms in total. The SMILES string of the molecule is Cc1c(C(=O)OC(C)C(=O)Nc2ccc([N+](=O)[O-])cc2Cl)sc2nc3n(c(=O)c12)CCC3. The maximum absolute atomic E-state index is 12.8. The number of nitrogens with zero attached hydrogens (tertiary/aromatic N) is 3. The maximum Gasteiger partial charge on any atom is 0.349 e. The van der Waals surface area contributed by atoms with Gasteiger partial charge in [-0.3, -0.25) is 24.3 Å². The molecule has 1 amide bonds. The number of hydrogen-bond donors (Lipinski definition) is 1. The van der Waals surface area contributed by atoms with Gasteiger partial charge in [0.1, 0.15) is 15.5 Å². The molecule has 1 atom stereocenters. The first-order valence-corrected chi connectivity index (χ1v) is 10.9. The second-order valence-electron chi connectivity index (χ2n) is 7.28. The molecule has 166 valence electrons. The quantitative estimate of drug-likeness (QED) is 0.338. The number of thiophene rings is 1. The number of nitrogens with one attached hydrogen (secondary N) is 1. The van der Waals surface area contributed by atoms with Crippen molar-refractivity contribution in [1.82, 2.24) is 9.55 Å². The number of non-ortho nitro benzene ring substituents is 1. The van der Waals surface area contributed by atoms with Crippen molar-refractivity contribution in [3.8, 4) is 0 Å². The molecule has 0 aliphatic carbocycles. The molecule has 1 N–H and O–H groups in total. The highest BCUT2D eigenvalue weighted by Gasteiger charge is 2.26. The summed E-state index contributed by atoms with van der Waals surface area (Å²) >= 11 is 7.04. The van der Waals surface area contributed by atoms with Gasteiger partial charge in [-0.15, -0.1) is 11.3 Å². The molecular formula is C20H17ClN4O6S. The predicted molar refractivity (Wildman–Crippen MR) is 119 cm³/mol. The molecule has 32 heavy (non-hydrogen) atoms. The maximum atomic E-state index is 12.8. The first-order chi connectivity index (χ1) is 15.2. The Morgan fingerprint density at radius 2 is 2.16 bits per heavy atom. The molecular weight excluding hydrogens is 460 g/mol. The van der Waals surface area contributed by atoms with Crippen LogP contribution in [-0.2, 0) is 22.5 Å². The van der Waals surface area contributed by atoms with Gasteiger partial charge >= 0.3 is 5.97 Å². The molecule has 1 aromatic carbocycles. The molecule has 1 aliphatic rings. The van der Waals surface area contributed by atoms with E-state index in [0.29, 0.717) is 34.6 Å². The number of aryl methyl sites for hydroxylation is 2. The zero-order chi connectivity index (χ0) is 23.2. The van der Waals surface area contributed by atoms with E-state index in [1.54, 1.807) is 11.5 Å². The van der Waals surface area contributed by atoms with Gasteiger partial charge in [0.25, 0.3) is 17.2 Å². The van der Waals surface area contributed by atoms with Crippen LogP contribution in [0.25, 0.3) is 10.2 Å². The fourth-order valence-corrected chi connectivity index (χ4v) is 4.79. The van der Waals surface area contributed by atoms with Gasteiger partial charge in [-0.1, -0.05) is 11.6 Å². The summed E-state index contributed by atoms with van der Waals surface area (Å²) in [5, 5.41) is 13.6. The Kier molecular flexibility index (Phi) is 5.70. The van der Waals surface area contributed by atoms with E-state index < -0.39 is 22.9 Å². The van der Waals surface area contributed by atoms with Crippen molar-refractivity contribution in [2.24, 2.45) is 0 Å². The number of benzene rings is 1. The summed E-state index contributed by atoms with van der Waals surface area (Å²) in [5.41, 5.74) is 0.229. The topological polar surface area (TPSA) is 133 Å². The van der Waals surface area contributed by atoms with Crippen LogP contribution in [0.3, 0.4) is 0 Å². The van der Waals surface area contributed by atoms with Gasteiger partial charge in [-0.2, -0.15) is 0 Å². The van der Waals surface area contributed by atoms with E-state index in [4.69, 9.17) is 16.3 Å².